The normalized spacial score (nSPS) is 9.62. The van der Waals surface area contributed by atoms with Gasteiger partial charge in [0.05, 0.1) is 11.5 Å². The number of rotatable bonds is 4. The van der Waals surface area contributed by atoms with Crippen molar-refractivity contribution in [2.45, 2.75) is 6.92 Å². The smallest absolute Gasteiger partial charge is 0.258 e. The Morgan fingerprint density at radius 1 is 1.54 bits per heavy atom. The maximum absolute atomic E-state index is 10.5. The quantitative estimate of drug-likeness (QED) is 0.525. The summed E-state index contributed by atoms with van der Waals surface area (Å²) < 4.78 is 0. The lowest BCUT2D eigenvalue weighted by molar-refractivity contribution is -0.384. The number of benzene rings is 1. The van der Waals surface area contributed by atoms with Gasteiger partial charge in [-0.25, -0.2) is 0 Å². The first-order valence-electron chi connectivity index (χ1n) is 3.82. The summed E-state index contributed by atoms with van der Waals surface area (Å²) in [6, 6.07) is 6.18. The van der Waals surface area contributed by atoms with E-state index in [2.05, 4.69) is 5.48 Å². The van der Waals surface area contributed by atoms with Crippen molar-refractivity contribution in [3.8, 4) is 0 Å². The van der Waals surface area contributed by atoms with Gasteiger partial charge in [-0.1, -0.05) is 12.1 Å². The van der Waals surface area contributed by atoms with E-state index < -0.39 is 4.92 Å². The molecule has 0 bridgehead atoms. The maximum Gasteiger partial charge on any atom is 0.297 e. The van der Waals surface area contributed by atoms with Gasteiger partial charge in [-0.05, 0) is 13.0 Å². The second-order valence-electron chi connectivity index (χ2n) is 2.25. The van der Waals surface area contributed by atoms with Gasteiger partial charge in [0.25, 0.3) is 5.69 Å². The summed E-state index contributed by atoms with van der Waals surface area (Å²) >= 11 is 0. The fraction of sp³-hybridized carbons (Fsp3) is 0.250. The number of hydrogen-bond donors (Lipinski definition) is 0. The van der Waals surface area contributed by atoms with E-state index in [1.54, 1.807) is 19.1 Å². The Kier molecular flexibility index (Phi) is 3.22. The molecule has 0 atom stereocenters. The monoisotopic (exact) mass is 181 g/mol. The predicted octanol–water partition coefficient (Wildman–Crippen LogP) is 1.78. The molecule has 0 amide bonds. The third kappa shape index (κ3) is 2.41. The van der Waals surface area contributed by atoms with Crippen molar-refractivity contribution in [1.82, 2.24) is 5.48 Å². The zero-order valence-corrected chi connectivity index (χ0v) is 7.14. The van der Waals surface area contributed by atoms with E-state index in [4.69, 9.17) is 4.84 Å². The van der Waals surface area contributed by atoms with Crippen molar-refractivity contribution in [2.75, 3.05) is 6.61 Å². The van der Waals surface area contributed by atoms with E-state index in [1.165, 1.54) is 12.1 Å². The van der Waals surface area contributed by atoms with Crippen molar-refractivity contribution in [3.63, 3.8) is 0 Å². The van der Waals surface area contributed by atoms with Crippen LogP contribution in [0.25, 0.3) is 0 Å². The van der Waals surface area contributed by atoms with Crippen LogP contribution in [0.2, 0.25) is 0 Å². The first kappa shape index (κ1) is 9.47. The molecule has 13 heavy (non-hydrogen) atoms. The number of para-hydroxylation sites is 1. The molecule has 0 aliphatic rings. The molecule has 1 aromatic carbocycles. The molecule has 0 saturated carbocycles. The molecule has 0 spiro atoms. The largest absolute Gasteiger partial charge is 0.297 e. The molecule has 0 saturated heterocycles. The average molecular weight is 181 g/mol. The zero-order valence-electron chi connectivity index (χ0n) is 7.14. The summed E-state index contributed by atoms with van der Waals surface area (Å²) in [6.07, 6.45) is 0. The molecule has 0 unspecified atom stereocenters. The van der Waals surface area contributed by atoms with Gasteiger partial charge in [-0.2, -0.15) is 0 Å². The lowest BCUT2D eigenvalue weighted by Gasteiger charge is -2.00. The molecule has 5 heteroatoms. The second-order valence-corrected chi connectivity index (χ2v) is 2.25. The molecule has 0 aliphatic carbocycles. The Morgan fingerprint density at radius 2 is 2.23 bits per heavy atom. The molecular formula is C8H9N2O3. The molecule has 5 nitrogen and oxygen atoms in total. The van der Waals surface area contributed by atoms with Gasteiger partial charge >= 0.3 is 0 Å². The predicted molar refractivity (Wildman–Crippen MR) is 46.5 cm³/mol. The molecule has 0 heterocycles. The summed E-state index contributed by atoms with van der Waals surface area (Å²) in [5, 5.41) is 10.5. The first-order chi connectivity index (χ1) is 6.25. The van der Waals surface area contributed by atoms with Gasteiger partial charge < -0.3 is 0 Å². The van der Waals surface area contributed by atoms with Crippen LogP contribution in [0.15, 0.2) is 24.3 Å². The minimum Gasteiger partial charge on any atom is -0.258 e. The van der Waals surface area contributed by atoms with Crippen molar-refractivity contribution in [1.29, 1.82) is 0 Å². The molecule has 0 aromatic heterocycles. The van der Waals surface area contributed by atoms with Crippen LogP contribution in [0.4, 0.5) is 11.4 Å². The Labute approximate surface area is 75.4 Å². The van der Waals surface area contributed by atoms with Crippen LogP contribution in [0.3, 0.4) is 0 Å². The summed E-state index contributed by atoms with van der Waals surface area (Å²) in [6.45, 7) is 2.16. The van der Waals surface area contributed by atoms with E-state index in [-0.39, 0.29) is 11.4 Å². The molecule has 1 rings (SSSR count). The number of nitro groups is 1. The van der Waals surface area contributed by atoms with Crippen molar-refractivity contribution >= 4 is 11.4 Å². The van der Waals surface area contributed by atoms with Crippen LogP contribution in [0.1, 0.15) is 6.92 Å². The summed E-state index contributed by atoms with van der Waals surface area (Å²) in [5.74, 6) is 0. The standard InChI is InChI=1S/C8H9N2O3/c1-2-13-9-7-5-3-4-6-8(7)10(11)12/h3-6H,2H2,1H3. The van der Waals surface area contributed by atoms with E-state index in [1.807, 2.05) is 0 Å². The summed E-state index contributed by atoms with van der Waals surface area (Å²) in [4.78, 5) is 14.7. The van der Waals surface area contributed by atoms with Gasteiger partial charge in [-0.3, -0.25) is 15.0 Å². The summed E-state index contributed by atoms with van der Waals surface area (Å²) in [5.41, 5.74) is 3.80. The van der Waals surface area contributed by atoms with Crippen molar-refractivity contribution in [3.05, 3.63) is 34.4 Å². The Bertz CT molecular complexity index is 301. The summed E-state index contributed by atoms with van der Waals surface area (Å²) in [7, 11) is 0. The third-order valence-corrected chi connectivity index (χ3v) is 1.37. The highest BCUT2D eigenvalue weighted by Crippen LogP contribution is 2.22. The number of nitrogens with zero attached hydrogens (tertiary/aromatic N) is 2. The van der Waals surface area contributed by atoms with E-state index in [9.17, 15) is 10.1 Å². The fourth-order valence-electron chi connectivity index (χ4n) is 0.830. The molecular weight excluding hydrogens is 172 g/mol. The molecule has 1 aromatic rings. The van der Waals surface area contributed by atoms with Crippen LogP contribution < -0.4 is 5.48 Å². The van der Waals surface area contributed by atoms with Gasteiger partial charge in [0.15, 0.2) is 5.69 Å². The molecule has 1 radical (unpaired) electrons. The zero-order chi connectivity index (χ0) is 9.68. The Hall–Kier alpha value is -1.62. The van der Waals surface area contributed by atoms with Gasteiger partial charge in [0.1, 0.15) is 0 Å². The van der Waals surface area contributed by atoms with Gasteiger partial charge in [-0.15, -0.1) is 5.48 Å². The number of nitro benzene ring substituents is 1. The minimum absolute atomic E-state index is 0.0454. The van der Waals surface area contributed by atoms with E-state index >= 15 is 0 Å². The molecule has 0 aliphatic heterocycles. The lowest BCUT2D eigenvalue weighted by atomic mass is 10.3. The maximum atomic E-state index is 10.5. The van der Waals surface area contributed by atoms with Crippen molar-refractivity contribution < 1.29 is 9.76 Å². The third-order valence-electron chi connectivity index (χ3n) is 1.37. The topological polar surface area (TPSA) is 66.5 Å². The highest BCUT2D eigenvalue weighted by Gasteiger charge is 2.12. The van der Waals surface area contributed by atoms with Gasteiger partial charge in [0.2, 0.25) is 0 Å². The average Bonchev–Trinajstić information content (AvgIpc) is 2.15. The second kappa shape index (κ2) is 4.42. The van der Waals surface area contributed by atoms with Crippen LogP contribution in [-0.2, 0) is 4.84 Å². The molecule has 0 fully saturated rings. The van der Waals surface area contributed by atoms with Crippen LogP contribution in [0, 0.1) is 10.1 Å². The van der Waals surface area contributed by atoms with Crippen LogP contribution >= 0.6 is 0 Å². The molecule has 69 valence electrons. The van der Waals surface area contributed by atoms with Gasteiger partial charge in [0, 0.05) is 6.07 Å². The Morgan fingerprint density at radius 3 is 2.85 bits per heavy atom. The SMILES string of the molecule is CCO[N]c1ccccc1[N+](=O)[O-]. The van der Waals surface area contributed by atoms with E-state index in [0.29, 0.717) is 6.61 Å². The lowest BCUT2D eigenvalue weighted by Crippen LogP contribution is -2.01. The number of hydrogen-bond acceptors (Lipinski definition) is 3. The minimum atomic E-state index is -0.488. The molecule has 0 N–H and O–H groups in total. The van der Waals surface area contributed by atoms with Crippen LogP contribution in [0.5, 0.6) is 0 Å². The van der Waals surface area contributed by atoms with Crippen LogP contribution in [-0.4, -0.2) is 11.5 Å². The highest BCUT2D eigenvalue weighted by atomic mass is 16.6. The Balaban J connectivity index is 2.84. The highest BCUT2D eigenvalue weighted by molar-refractivity contribution is 5.55. The van der Waals surface area contributed by atoms with E-state index in [0.717, 1.165) is 0 Å². The fourth-order valence-corrected chi connectivity index (χ4v) is 0.830. The first-order valence-corrected chi connectivity index (χ1v) is 3.82. The van der Waals surface area contributed by atoms with Crippen molar-refractivity contribution in [2.24, 2.45) is 0 Å².